The molecule has 5 heteroatoms. The van der Waals surface area contributed by atoms with Gasteiger partial charge in [-0.3, -0.25) is 4.79 Å². The Labute approximate surface area is 70.8 Å². The molecule has 5 nitrogen and oxygen atoms in total. The first-order chi connectivity index (χ1) is 5.68. The molecule has 0 saturated heterocycles. The molecule has 0 spiro atoms. The van der Waals surface area contributed by atoms with Crippen molar-refractivity contribution in [3.8, 4) is 12.5 Å². The zero-order chi connectivity index (χ0) is 9.82. The molecule has 0 rings (SSSR count). The Morgan fingerprint density at radius 1 is 1.50 bits per heavy atom. The molecule has 0 unspecified atom stereocenters. The van der Waals surface area contributed by atoms with Gasteiger partial charge in [-0.25, -0.2) is 0 Å². The van der Waals surface area contributed by atoms with E-state index in [0.717, 1.165) is 25.4 Å². The minimum absolute atomic E-state index is 0.316. The molecule has 0 amide bonds. The molecule has 0 saturated carbocycles. The molecule has 66 valence electrons. The van der Waals surface area contributed by atoms with Crippen LogP contribution in [0.2, 0.25) is 0 Å². The van der Waals surface area contributed by atoms with Crippen molar-refractivity contribution in [2.24, 2.45) is 0 Å². The van der Waals surface area contributed by atoms with Crippen molar-refractivity contribution < 1.29 is 14.6 Å². The number of nitrogens with zero attached hydrogens (tertiary/aromatic N) is 2. The van der Waals surface area contributed by atoms with Crippen LogP contribution in [0.25, 0.3) is 0 Å². The number of hydrogen-bond acceptors (Lipinski definition) is 4. The largest absolute Gasteiger partial charge is 0.481 e. The van der Waals surface area contributed by atoms with E-state index in [-0.39, 0.29) is 0 Å². The van der Waals surface area contributed by atoms with Crippen LogP contribution in [0.15, 0.2) is 0 Å². The van der Waals surface area contributed by atoms with Gasteiger partial charge in [0.05, 0.1) is 0 Å². The highest BCUT2D eigenvalue weighted by atomic mass is 16.5. The lowest BCUT2D eigenvalue weighted by Gasteiger charge is -1.85. The smallest absolute Gasteiger partial charge is 0.303 e. The van der Waals surface area contributed by atoms with Crippen LogP contribution in [-0.4, -0.2) is 11.1 Å². The zero-order valence-corrected chi connectivity index (χ0v) is 6.78. The molecule has 0 aromatic rings. The van der Waals surface area contributed by atoms with Gasteiger partial charge < -0.3 is 9.84 Å². The Hall–Kier alpha value is -1.75. The molecular weight excluding hydrogens is 160 g/mol. The van der Waals surface area contributed by atoms with Crippen LogP contribution in [0.3, 0.4) is 0 Å². The van der Waals surface area contributed by atoms with Crippen molar-refractivity contribution in [1.82, 2.24) is 0 Å². The van der Waals surface area contributed by atoms with Crippen molar-refractivity contribution in [2.45, 2.75) is 26.2 Å². The first-order valence-corrected chi connectivity index (χ1v) is 3.34. The summed E-state index contributed by atoms with van der Waals surface area (Å²) in [6.07, 6.45) is 4.39. The molecule has 1 N–H and O–H groups in total. The minimum Gasteiger partial charge on any atom is -0.481 e. The van der Waals surface area contributed by atoms with Crippen LogP contribution in [0.5, 0.6) is 0 Å². The number of rotatable bonds is 3. The van der Waals surface area contributed by atoms with Gasteiger partial charge in [-0.15, -0.1) is 10.5 Å². The van der Waals surface area contributed by atoms with Crippen molar-refractivity contribution in [3.63, 3.8) is 0 Å². The number of carbonyl (C=O) groups is 1. The monoisotopic (exact) mass is 170 g/mol. The summed E-state index contributed by atoms with van der Waals surface area (Å²) >= 11 is 0. The van der Waals surface area contributed by atoms with Gasteiger partial charge in [-0.1, -0.05) is 13.3 Å². The molecule has 0 atom stereocenters. The van der Waals surface area contributed by atoms with E-state index < -0.39 is 5.97 Å². The number of unbranched alkanes of at least 4 members (excludes halogenated alkanes) is 1. The van der Waals surface area contributed by atoms with Gasteiger partial charge in [-0.05, 0) is 6.42 Å². The molecule has 0 radical (unpaired) electrons. The number of nitriles is 2. The molecule has 12 heavy (non-hydrogen) atoms. The summed E-state index contributed by atoms with van der Waals surface area (Å²) in [5, 5.41) is 22.8. The van der Waals surface area contributed by atoms with Gasteiger partial charge >= 0.3 is 18.5 Å². The SMILES string of the molecule is CCCCC(=O)O.N#COC#N. The number of carboxylic acids is 1. The minimum atomic E-state index is -0.693. The van der Waals surface area contributed by atoms with E-state index in [1.165, 1.54) is 0 Å². The van der Waals surface area contributed by atoms with E-state index in [9.17, 15) is 4.79 Å². The molecule has 0 aliphatic rings. The van der Waals surface area contributed by atoms with Crippen LogP contribution in [0.4, 0.5) is 0 Å². The summed E-state index contributed by atoms with van der Waals surface area (Å²) in [5.41, 5.74) is 0. The third-order valence-electron chi connectivity index (χ3n) is 0.835. The van der Waals surface area contributed by atoms with Gasteiger partial charge in [0.1, 0.15) is 0 Å². The van der Waals surface area contributed by atoms with Crippen molar-refractivity contribution in [3.05, 3.63) is 0 Å². The number of carboxylic acid groups (broad SMARTS) is 1. The summed E-state index contributed by atoms with van der Waals surface area (Å²) in [6.45, 7) is 1.98. The molecule has 0 bridgehead atoms. The van der Waals surface area contributed by atoms with Gasteiger partial charge in [0.15, 0.2) is 0 Å². The highest BCUT2D eigenvalue weighted by molar-refractivity contribution is 5.66. The summed E-state index contributed by atoms with van der Waals surface area (Å²) in [5.74, 6) is -0.693. The van der Waals surface area contributed by atoms with Gasteiger partial charge in [-0.2, -0.15) is 0 Å². The lowest BCUT2D eigenvalue weighted by atomic mass is 10.3. The molecule has 0 fully saturated rings. The second-order valence-corrected chi connectivity index (χ2v) is 1.78. The molecule has 0 aromatic carbocycles. The van der Waals surface area contributed by atoms with E-state index in [1.54, 1.807) is 0 Å². The Morgan fingerprint density at radius 3 is 2.08 bits per heavy atom. The lowest BCUT2D eigenvalue weighted by Crippen LogP contribution is -1.91. The van der Waals surface area contributed by atoms with Gasteiger partial charge in [0.2, 0.25) is 0 Å². The van der Waals surface area contributed by atoms with Crippen molar-refractivity contribution in [1.29, 1.82) is 10.5 Å². The second-order valence-electron chi connectivity index (χ2n) is 1.78. The van der Waals surface area contributed by atoms with Crippen LogP contribution in [0.1, 0.15) is 26.2 Å². The van der Waals surface area contributed by atoms with Crippen molar-refractivity contribution in [2.75, 3.05) is 0 Å². The van der Waals surface area contributed by atoms with E-state index >= 15 is 0 Å². The Kier molecular flexibility index (Phi) is 12.9. The lowest BCUT2D eigenvalue weighted by molar-refractivity contribution is -0.137. The summed E-state index contributed by atoms with van der Waals surface area (Å²) in [6, 6.07) is 0. The summed E-state index contributed by atoms with van der Waals surface area (Å²) in [4.78, 5) is 9.76. The van der Waals surface area contributed by atoms with Crippen LogP contribution in [0, 0.1) is 23.0 Å². The average molecular weight is 170 g/mol. The highest BCUT2D eigenvalue weighted by Crippen LogP contribution is 1.91. The maximum Gasteiger partial charge on any atom is 0.303 e. The average Bonchev–Trinajstić information content (AvgIpc) is 2.03. The molecule has 0 aromatic heterocycles. The quantitative estimate of drug-likeness (QED) is 0.642. The summed E-state index contributed by atoms with van der Waals surface area (Å²) in [7, 11) is 0. The van der Waals surface area contributed by atoms with Crippen molar-refractivity contribution >= 4 is 5.97 Å². The fraction of sp³-hybridized carbons (Fsp3) is 0.571. The molecule has 0 aliphatic heterocycles. The zero-order valence-electron chi connectivity index (χ0n) is 6.78. The van der Waals surface area contributed by atoms with E-state index in [1.807, 2.05) is 6.92 Å². The third kappa shape index (κ3) is 24.0. The Bertz CT molecular complexity index is 178. The van der Waals surface area contributed by atoms with Crippen LogP contribution < -0.4 is 0 Å². The van der Waals surface area contributed by atoms with Gasteiger partial charge in [0, 0.05) is 6.42 Å². The van der Waals surface area contributed by atoms with E-state index in [2.05, 4.69) is 4.74 Å². The summed E-state index contributed by atoms with van der Waals surface area (Å²) < 4.78 is 3.44. The van der Waals surface area contributed by atoms with Gasteiger partial charge in [0.25, 0.3) is 0 Å². The fourth-order valence-electron chi connectivity index (χ4n) is 0.348. The predicted molar refractivity (Wildman–Crippen MR) is 39.5 cm³/mol. The van der Waals surface area contributed by atoms with E-state index in [4.69, 9.17) is 15.6 Å². The normalized spacial score (nSPS) is 6.58. The molecule has 0 aliphatic carbocycles. The Morgan fingerprint density at radius 2 is 2.00 bits per heavy atom. The highest BCUT2D eigenvalue weighted by Gasteiger charge is 1.90. The first kappa shape index (κ1) is 12.9. The van der Waals surface area contributed by atoms with Crippen LogP contribution in [-0.2, 0) is 9.53 Å². The maximum absolute atomic E-state index is 9.76. The second kappa shape index (κ2) is 12.0. The Balaban J connectivity index is 0. The first-order valence-electron chi connectivity index (χ1n) is 3.34. The number of hydrogen-bond donors (Lipinski definition) is 1. The maximum atomic E-state index is 9.76. The molecular formula is C7H10N2O3. The number of aliphatic carboxylic acids is 1. The number of ether oxygens (including phenoxy) is 1. The topological polar surface area (TPSA) is 94.1 Å². The third-order valence-corrected chi connectivity index (χ3v) is 0.835. The van der Waals surface area contributed by atoms with Crippen LogP contribution >= 0.6 is 0 Å². The fourth-order valence-corrected chi connectivity index (χ4v) is 0.348. The standard InChI is InChI=1S/C5H10O2.C2N2O/c1-2-3-4-5(6)7;3-1-5-2-4/h2-4H2,1H3,(H,6,7);. The molecule has 0 heterocycles. The predicted octanol–water partition coefficient (Wildman–Crippen LogP) is 1.23. The van der Waals surface area contributed by atoms with E-state index in [0.29, 0.717) is 6.42 Å².